The molecule has 2 bridgehead atoms. The van der Waals surface area contributed by atoms with Crippen molar-refractivity contribution in [1.82, 2.24) is 0 Å². The normalized spacial score (nSPS) is 36.0. The van der Waals surface area contributed by atoms with Crippen molar-refractivity contribution in [1.29, 1.82) is 0 Å². The van der Waals surface area contributed by atoms with Crippen molar-refractivity contribution in [3.8, 4) is 0 Å². The molecule has 8 heteroatoms. The standard InChI is InChI=1S/C29H37BF2O4S/c1-7-15-28-18-20(12-11-19(3)4)27(5,6)29(16-8-2,26(28)34)25-23(24(28)33)22(35-30(31,32)36-25)14-13-21-10-9-17-37-21/h7-11,13-14,17,20,23,25-26,34H,1-2,12,15-16,18H2,3-6H3/b14-13+/t20-,23?,25?,26?,28-,29+/m1/s1. The minimum Gasteiger partial charge on any atom is -0.453 e. The van der Waals surface area contributed by atoms with Crippen molar-refractivity contribution in [2.75, 3.05) is 0 Å². The highest BCUT2D eigenvalue weighted by Gasteiger charge is 2.77. The number of carbonyl (C=O) groups excluding carboxylic acids is 2. The predicted octanol–water partition coefficient (Wildman–Crippen LogP) is 6.73. The van der Waals surface area contributed by atoms with E-state index in [0.717, 1.165) is 10.5 Å². The number of halogens is 2. The Morgan fingerprint density at radius 3 is 2.57 bits per heavy atom. The molecule has 200 valence electrons. The molecule has 2 heterocycles. The summed E-state index contributed by atoms with van der Waals surface area (Å²) in [7, 11) is -4.72. The minimum absolute atomic E-state index is 0.0618. The van der Waals surface area contributed by atoms with Gasteiger partial charge in [0, 0.05) is 16.4 Å². The van der Waals surface area contributed by atoms with Gasteiger partial charge < -0.3 is 22.7 Å². The minimum atomic E-state index is -4.72. The number of hydrogen-bond acceptors (Lipinski definition) is 4. The van der Waals surface area contributed by atoms with E-state index >= 15 is 8.63 Å². The summed E-state index contributed by atoms with van der Waals surface area (Å²) in [6, 6.07) is 3.72. The zero-order valence-electron chi connectivity index (χ0n) is 22.1. The summed E-state index contributed by atoms with van der Waals surface area (Å²) >= 11 is 1.45. The van der Waals surface area contributed by atoms with Crippen LogP contribution in [0.2, 0.25) is 0 Å². The first-order valence-corrected chi connectivity index (χ1v) is 13.8. The number of Topliss-reactive ketones (excluding diaryl/α,β-unsaturated/α-hetero) is 1. The molecule has 37 heavy (non-hydrogen) atoms. The molecule has 3 unspecified atom stereocenters. The maximum Gasteiger partial charge on any atom is 0.932 e. The largest absolute Gasteiger partial charge is 0.932 e. The number of ketones is 2. The van der Waals surface area contributed by atoms with Crippen LogP contribution in [-0.2, 0) is 13.8 Å². The molecule has 2 aliphatic carbocycles. The van der Waals surface area contributed by atoms with Gasteiger partial charge in [-0.15, -0.1) is 24.5 Å². The van der Waals surface area contributed by atoms with E-state index in [1.807, 2.05) is 45.2 Å². The second kappa shape index (κ2) is 9.86. The monoisotopic (exact) mass is 530 g/mol. The van der Waals surface area contributed by atoms with Gasteiger partial charge in [0.15, 0.2) is 5.78 Å². The Morgan fingerprint density at radius 2 is 1.97 bits per heavy atom. The fraction of sp³-hybridized carbons (Fsp3) is 0.517. The lowest BCUT2D eigenvalue weighted by Crippen LogP contribution is -2.77. The molecule has 0 radical (unpaired) electrons. The third-order valence-corrected chi connectivity index (χ3v) is 9.90. The first kappa shape index (κ1) is 27.9. The molecule has 4 nitrogen and oxygen atoms in total. The van der Waals surface area contributed by atoms with Gasteiger partial charge in [0.2, 0.25) is 0 Å². The Kier molecular flexibility index (Phi) is 7.43. The molecular weight excluding hydrogens is 493 g/mol. The van der Waals surface area contributed by atoms with E-state index in [9.17, 15) is 9.90 Å². The summed E-state index contributed by atoms with van der Waals surface area (Å²) in [6.45, 7) is 15.9. The molecule has 0 aromatic carbocycles. The molecule has 2 fully saturated rings. The lowest BCUT2D eigenvalue weighted by atomic mass is 9.36. The predicted molar refractivity (Wildman–Crippen MR) is 146 cm³/mol. The number of fused-ring (bicyclic) bond motifs is 4. The van der Waals surface area contributed by atoms with Gasteiger partial charge in [-0.05, 0) is 68.4 Å². The molecule has 1 aromatic heterocycles. The van der Waals surface area contributed by atoms with Crippen LogP contribution in [0.4, 0.5) is 8.63 Å². The topological polar surface area (TPSA) is 57.8 Å². The number of allylic oxidation sites excluding steroid dienone is 5. The van der Waals surface area contributed by atoms with E-state index < -0.39 is 41.5 Å². The Labute approximate surface area is 222 Å². The average molecular weight is 530 g/mol. The van der Waals surface area contributed by atoms with Crippen molar-refractivity contribution >= 4 is 36.1 Å². The Morgan fingerprint density at radius 1 is 1.27 bits per heavy atom. The maximum absolute atomic E-state index is 15.1. The van der Waals surface area contributed by atoms with Crippen molar-refractivity contribution < 1.29 is 27.5 Å². The van der Waals surface area contributed by atoms with Gasteiger partial charge in [-0.2, -0.15) is 0 Å². The zero-order valence-corrected chi connectivity index (χ0v) is 22.9. The van der Waals surface area contributed by atoms with Crippen molar-refractivity contribution in [3.05, 3.63) is 65.4 Å². The first-order chi connectivity index (χ1) is 17.4. The van der Waals surface area contributed by atoms with Crippen LogP contribution in [0.25, 0.3) is 6.08 Å². The van der Waals surface area contributed by atoms with Crippen LogP contribution in [0.1, 0.15) is 58.3 Å². The highest BCUT2D eigenvalue weighted by atomic mass is 32.1. The van der Waals surface area contributed by atoms with Gasteiger partial charge in [0.25, 0.3) is 5.78 Å². The first-order valence-electron chi connectivity index (χ1n) is 12.9. The van der Waals surface area contributed by atoms with Gasteiger partial charge in [-0.3, -0.25) is 4.79 Å². The van der Waals surface area contributed by atoms with Crippen LogP contribution < -0.4 is 0 Å². The van der Waals surface area contributed by atoms with Gasteiger partial charge >= 0.3 is 7.11 Å². The van der Waals surface area contributed by atoms with Crippen molar-refractivity contribution in [2.45, 2.75) is 65.6 Å². The van der Waals surface area contributed by atoms with Crippen LogP contribution in [0, 0.1) is 28.1 Å². The molecule has 3 aliphatic rings. The highest BCUT2D eigenvalue weighted by Crippen LogP contribution is 2.69. The summed E-state index contributed by atoms with van der Waals surface area (Å²) in [6.07, 6.45) is 7.64. The Balaban J connectivity index is 1.96. The van der Waals surface area contributed by atoms with Crippen LogP contribution in [-0.4, -0.2) is 36.0 Å². The zero-order chi connectivity index (χ0) is 27.2. The fourth-order valence-electron chi connectivity index (χ4n) is 7.17. The molecule has 0 spiro atoms. The molecule has 1 aliphatic heterocycles. The van der Waals surface area contributed by atoms with Crippen LogP contribution in [0.3, 0.4) is 0 Å². The number of aliphatic hydroxyl groups is 1. The average Bonchev–Trinajstić information content (AvgIpc) is 3.33. The third kappa shape index (κ3) is 4.35. The molecule has 1 aromatic rings. The number of carbonyl (C=O) groups is 1. The molecule has 0 amide bonds. The lowest BCUT2D eigenvalue weighted by Gasteiger charge is -2.69. The van der Waals surface area contributed by atoms with Gasteiger partial charge in [-0.1, -0.05) is 43.7 Å². The van der Waals surface area contributed by atoms with Crippen LogP contribution in [0.5, 0.6) is 0 Å². The summed E-state index contributed by atoms with van der Waals surface area (Å²) in [5, 5.41) is 14.0. The number of hydrogen-bond donors (Lipinski definition) is 1. The van der Waals surface area contributed by atoms with E-state index in [0.29, 0.717) is 12.8 Å². The van der Waals surface area contributed by atoms with Gasteiger partial charge in [0.1, 0.15) is 5.92 Å². The number of aliphatic hydroxyl groups excluding tert-OH is 1. The number of rotatable bonds is 8. The lowest BCUT2D eigenvalue weighted by molar-refractivity contribution is -0.395. The molecule has 4 rings (SSSR count). The van der Waals surface area contributed by atoms with Crippen LogP contribution in [0.15, 0.2) is 60.5 Å². The number of thiophene rings is 1. The molecular formula is C29H37BF2O4S. The summed E-state index contributed by atoms with van der Waals surface area (Å²) in [5.41, 5.74) is -1.94. The van der Waals surface area contributed by atoms with E-state index in [1.165, 1.54) is 17.4 Å². The highest BCUT2D eigenvalue weighted by molar-refractivity contribution is 7.10. The maximum atomic E-state index is 15.1. The van der Waals surface area contributed by atoms with Gasteiger partial charge in [-0.25, -0.2) is 0 Å². The fourth-order valence-corrected chi connectivity index (χ4v) is 7.79. The third-order valence-electron chi connectivity index (χ3n) is 9.07. The van der Waals surface area contributed by atoms with E-state index in [4.69, 9.17) is 9.00 Å². The van der Waals surface area contributed by atoms with Crippen molar-refractivity contribution in [2.24, 2.45) is 28.1 Å². The summed E-state index contributed by atoms with van der Waals surface area (Å²) in [5.74, 6) is -1.57. The molecule has 6 atom stereocenters. The quantitative estimate of drug-likeness (QED) is 0.133. The summed E-state index contributed by atoms with van der Waals surface area (Å²) < 4.78 is 40.9. The van der Waals surface area contributed by atoms with Crippen LogP contribution >= 0.6 is 11.3 Å². The molecule has 0 saturated heterocycles. The Hall–Kier alpha value is -2.16. The second-order valence-electron chi connectivity index (χ2n) is 11.5. The van der Waals surface area contributed by atoms with E-state index in [-0.39, 0.29) is 30.3 Å². The summed E-state index contributed by atoms with van der Waals surface area (Å²) in [4.78, 5) is 15.3. The molecule has 1 N–H and O–H groups in total. The van der Waals surface area contributed by atoms with E-state index in [1.54, 1.807) is 18.2 Å². The van der Waals surface area contributed by atoms with Gasteiger partial charge in [0.05, 0.1) is 17.6 Å². The smallest absolute Gasteiger partial charge is 0.453 e. The second-order valence-corrected chi connectivity index (χ2v) is 12.5. The SMILES string of the molecule is C=CC[C@@]12C[C@@H](CC=C(C)C)C(C)(C)[C@@](CC=C)(C3O[B-](F)(F)[O+]=C(/C=C/c4cccs4)C3C1=O)C2O. The molecule has 2 saturated carbocycles. The Bertz CT molecular complexity index is 1150. The van der Waals surface area contributed by atoms with E-state index in [2.05, 4.69) is 19.2 Å². The van der Waals surface area contributed by atoms with Crippen molar-refractivity contribution in [3.63, 3.8) is 0 Å².